The van der Waals surface area contributed by atoms with E-state index in [4.69, 9.17) is 4.74 Å². The molecule has 0 spiro atoms. The molecule has 3 rings (SSSR count). The van der Waals surface area contributed by atoms with Gasteiger partial charge in [0.15, 0.2) is 0 Å². The number of carbonyl (C=O) groups is 2. The van der Waals surface area contributed by atoms with Crippen molar-refractivity contribution in [2.24, 2.45) is 0 Å². The van der Waals surface area contributed by atoms with Crippen LogP contribution in [0.3, 0.4) is 0 Å². The van der Waals surface area contributed by atoms with Crippen molar-refractivity contribution in [1.29, 1.82) is 0 Å². The van der Waals surface area contributed by atoms with E-state index in [1.807, 2.05) is 41.5 Å². The summed E-state index contributed by atoms with van der Waals surface area (Å²) in [4.78, 5) is 29.4. The number of benzene rings is 1. The van der Waals surface area contributed by atoms with E-state index in [1.54, 1.807) is 18.1 Å². The van der Waals surface area contributed by atoms with E-state index in [1.165, 1.54) is 11.3 Å². The third kappa shape index (κ3) is 3.28. The number of methoxy groups -OCH3 is 1. The number of thiophene rings is 1. The van der Waals surface area contributed by atoms with Gasteiger partial charge in [-0.25, -0.2) is 0 Å². The number of rotatable bonds is 3. The molecule has 5 nitrogen and oxygen atoms in total. The minimum absolute atomic E-state index is 0.00368. The fourth-order valence-corrected chi connectivity index (χ4v) is 3.55. The van der Waals surface area contributed by atoms with E-state index in [0.717, 1.165) is 16.2 Å². The predicted molar refractivity (Wildman–Crippen MR) is 93.9 cm³/mol. The first-order valence-corrected chi connectivity index (χ1v) is 8.75. The zero-order chi connectivity index (χ0) is 17.1. The average molecular weight is 344 g/mol. The average Bonchev–Trinajstić information content (AvgIpc) is 3.15. The third-order valence-electron chi connectivity index (χ3n) is 4.23. The number of hydrogen-bond acceptors (Lipinski definition) is 4. The summed E-state index contributed by atoms with van der Waals surface area (Å²) in [6.45, 7) is 4.17. The first kappa shape index (κ1) is 16.5. The highest BCUT2D eigenvalue weighted by Gasteiger charge is 2.26. The summed E-state index contributed by atoms with van der Waals surface area (Å²) in [7, 11) is 1.62. The number of nitrogens with zero attached hydrogens (tertiary/aromatic N) is 2. The van der Waals surface area contributed by atoms with E-state index in [-0.39, 0.29) is 11.8 Å². The van der Waals surface area contributed by atoms with Crippen molar-refractivity contribution in [3.8, 4) is 5.75 Å². The first-order valence-electron chi connectivity index (χ1n) is 7.87. The Bertz CT molecular complexity index is 735. The van der Waals surface area contributed by atoms with Crippen LogP contribution in [-0.2, 0) is 0 Å². The van der Waals surface area contributed by atoms with Gasteiger partial charge in [0.1, 0.15) is 5.75 Å². The quantitative estimate of drug-likeness (QED) is 0.860. The molecule has 1 aliphatic heterocycles. The molecule has 0 unspecified atom stereocenters. The molecule has 2 amide bonds. The summed E-state index contributed by atoms with van der Waals surface area (Å²) in [6.07, 6.45) is 0. The maximum absolute atomic E-state index is 12.6. The van der Waals surface area contributed by atoms with Gasteiger partial charge in [0.25, 0.3) is 11.8 Å². The largest absolute Gasteiger partial charge is 0.496 e. The molecule has 24 heavy (non-hydrogen) atoms. The first-order chi connectivity index (χ1) is 11.6. The molecule has 6 heteroatoms. The van der Waals surface area contributed by atoms with Gasteiger partial charge in [-0.05, 0) is 42.1 Å². The second kappa shape index (κ2) is 7.05. The maximum Gasteiger partial charge on any atom is 0.264 e. The summed E-state index contributed by atoms with van der Waals surface area (Å²) in [5.74, 6) is 0.833. The summed E-state index contributed by atoms with van der Waals surface area (Å²) < 4.78 is 5.23. The second-order valence-corrected chi connectivity index (χ2v) is 6.69. The zero-order valence-corrected chi connectivity index (χ0v) is 14.6. The lowest BCUT2D eigenvalue weighted by atomic mass is 10.1. The molecule has 0 N–H and O–H groups in total. The van der Waals surface area contributed by atoms with Crippen molar-refractivity contribution < 1.29 is 14.3 Å². The highest BCUT2D eigenvalue weighted by atomic mass is 32.1. The van der Waals surface area contributed by atoms with Crippen LogP contribution in [0.15, 0.2) is 35.7 Å². The topological polar surface area (TPSA) is 49.9 Å². The molecule has 0 radical (unpaired) electrons. The van der Waals surface area contributed by atoms with Crippen LogP contribution in [0.2, 0.25) is 0 Å². The predicted octanol–water partition coefficient (Wildman–Crippen LogP) is 2.66. The van der Waals surface area contributed by atoms with Crippen LogP contribution in [0.5, 0.6) is 5.75 Å². The van der Waals surface area contributed by atoms with Crippen molar-refractivity contribution in [1.82, 2.24) is 9.80 Å². The van der Waals surface area contributed by atoms with Gasteiger partial charge < -0.3 is 14.5 Å². The molecule has 0 bridgehead atoms. The van der Waals surface area contributed by atoms with Crippen molar-refractivity contribution in [2.75, 3.05) is 33.3 Å². The number of ether oxygens (including phenoxy) is 1. The molecule has 126 valence electrons. The van der Waals surface area contributed by atoms with E-state index in [0.29, 0.717) is 31.7 Å². The SMILES string of the molecule is COc1ccc(C(=O)N2CCN(C(=O)c3cccs3)CC2)cc1C. The van der Waals surface area contributed by atoms with Crippen LogP contribution in [0, 0.1) is 6.92 Å². The monoisotopic (exact) mass is 344 g/mol. The van der Waals surface area contributed by atoms with Crippen LogP contribution < -0.4 is 4.74 Å². The Morgan fingerprint density at radius 2 is 1.71 bits per heavy atom. The minimum Gasteiger partial charge on any atom is -0.496 e. The normalized spacial score (nSPS) is 14.6. The van der Waals surface area contributed by atoms with Gasteiger partial charge >= 0.3 is 0 Å². The van der Waals surface area contributed by atoms with Crippen molar-refractivity contribution in [2.45, 2.75) is 6.92 Å². The fraction of sp³-hybridized carbons (Fsp3) is 0.333. The van der Waals surface area contributed by atoms with Gasteiger partial charge in [0.05, 0.1) is 12.0 Å². The van der Waals surface area contributed by atoms with E-state index in [9.17, 15) is 9.59 Å². The lowest BCUT2D eigenvalue weighted by Crippen LogP contribution is -2.50. The Balaban J connectivity index is 1.63. The molecule has 1 fully saturated rings. The van der Waals surface area contributed by atoms with E-state index >= 15 is 0 Å². The zero-order valence-electron chi connectivity index (χ0n) is 13.8. The fourth-order valence-electron chi connectivity index (χ4n) is 2.86. The van der Waals surface area contributed by atoms with Crippen LogP contribution in [0.1, 0.15) is 25.6 Å². The standard InChI is InChI=1S/C18H20N2O3S/c1-13-12-14(5-6-15(13)23-2)17(21)19-7-9-20(10-8-19)18(22)16-4-3-11-24-16/h3-6,11-12H,7-10H2,1-2H3. The molecule has 1 saturated heterocycles. The summed E-state index contributed by atoms with van der Waals surface area (Å²) in [6, 6.07) is 9.18. The minimum atomic E-state index is 0.00368. The number of aryl methyl sites for hydroxylation is 1. The second-order valence-electron chi connectivity index (χ2n) is 5.75. The molecular formula is C18H20N2O3S. The van der Waals surface area contributed by atoms with Crippen molar-refractivity contribution in [3.05, 3.63) is 51.7 Å². The Morgan fingerprint density at radius 3 is 2.25 bits per heavy atom. The van der Waals surface area contributed by atoms with Crippen molar-refractivity contribution in [3.63, 3.8) is 0 Å². The molecular weight excluding hydrogens is 324 g/mol. The third-order valence-corrected chi connectivity index (χ3v) is 5.09. The number of hydrogen-bond donors (Lipinski definition) is 0. The molecule has 2 heterocycles. The molecule has 0 saturated carbocycles. The molecule has 2 aromatic rings. The Hall–Kier alpha value is -2.34. The lowest BCUT2D eigenvalue weighted by Gasteiger charge is -2.34. The summed E-state index contributed by atoms with van der Waals surface area (Å²) in [5.41, 5.74) is 1.60. The molecule has 1 aromatic carbocycles. The van der Waals surface area contributed by atoms with Gasteiger partial charge in [-0.3, -0.25) is 9.59 Å². The molecule has 0 atom stereocenters. The smallest absolute Gasteiger partial charge is 0.264 e. The van der Waals surface area contributed by atoms with E-state index < -0.39 is 0 Å². The molecule has 1 aromatic heterocycles. The van der Waals surface area contributed by atoms with Crippen molar-refractivity contribution >= 4 is 23.2 Å². The lowest BCUT2D eigenvalue weighted by molar-refractivity contribution is 0.0538. The number of piperazine rings is 1. The molecule has 1 aliphatic rings. The van der Waals surface area contributed by atoms with Crippen LogP contribution in [0.4, 0.5) is 0 Å². The van der Waals surface area contributed by atoms with Gasteiger partial charge in [-0.2, -0.15) is 0 Å². The Labute approximate surface area is 145 Å². The van der Waals surface area contributed by atoms with E-state index in [2.05, 4.69) is 0 Å². The Morgan fingerprint density at radius 1 is 1.04 bits per heavy atom. The Kier molecular flexibility index (Phi) is 4.85. The number of amides is 2. The summed E-state index contributed by atoms with van der Waals surface area (Å²) >= 11 is 1.45. The van der Waals surface area contributed by atoms with Gasteiger partial charge in [-0.15, -0.1) is 11.3 Å². The van der Waals surface area contributed by atoms with Gasteiger partial charge in [0.2, 0.25) is 0 Å². The van der Waals surface area contributed by atoms with Crippen LogP contribution >= 0.6 is 11.3 Å². The highest BCUT2D eigenvalue weighted by molar-refractivity contribution is 7.12. The molecule has 0 aliphatic carbocycles. The maximum atomic E-state index is 12.6. The number of carbonyl (C=O) groups excluding carboxylic acids is 2. The highest BCUT2D eigenvalue weighted by Crippen LogP contribution is 2.20. The van der Waals surface area contributed by atoms with Gasteiger partial charge in [-0.1, -0.05) is 6.07 Å². The van der Waals surface area contributed by atoms with Crippen LogP contribution in [-0.4, -0.2) is 54.9 Å². The van der Waals surface area contributed by atoms with Gasteiger partial charge in [0, 0.05) is 31.7 Å². The summed E-state index contributed by atoms with van der Waals surface area (Å²) in [5, 5.41) is 1.90. The van der Waals surface area contributed by atoms with Crippen LogP contribution in [0.25, 0.3) is 0 Å².